The molecule has 1 amide bonds. The second-order valence-corrected chi connectivity index (χ2v) is 6.36. The minimum atomic E-state index is -0.759. The van der Waals surface area contributed by atoms with Gasteiger partial charge in [0.2, 0.25) is 0 Å². The molecule has 1 heterocycles. The molecule has 7 heteroatoms. The van der Waals surface area contributed by atoms with E-state index in [-0.39, 0.29) is 21.3 Å². The molecule has 0 bridgehead atoms. The molecule has 0 aliphatic carbocycles. The second-order valence-electron chi connectivity index (χ2n) is 5.55. The lowest BCUT2D eigenvalue weighted by atomic mass is 10.1. The summed E-state index contributed by atoms with van der Waals surface area (Å²) in [6.07, 6.45) is 0.867. The topological polar surface area (TPSA) is 68.5 Å². The normalized spacial score (nSPS) is 10.7. The summed E-state index contributed by atoms with van der Waals surface area (Å²) in [6.45, 7) is 2.56. The molecule has 2 aromatic carbocycles. The summed E-state index contributed by atoms with van der Waals surface area (Å²) in [5.74, 6) is -0.0514. The van der Waals surface area contributed by atoms with E-state index in [4.69, 9.17) is 32.4 Å². The van der Waals surface area contributed by atoms with Crippen LogP contribution in [0.2, 0.25) is 10.0 Å². The number of carbonyl (C=O) groups is 1. The third kappa shape index (κ3) is 3.84. The van der Waals surface area contributed by atoms with Gasteiger partial charge in [0.05, 0.1) is 22.3 Å². The Labute approximate surface area is 159 Å². The van der Waals surface area contributed by atoms with Crippen LogP contribution >= 0.6 is 23.2 Å². The Morgan fingerprint density at radius 3 is 2.58 bits per heavy atom. The molecule has 0 fully saturated rings. The van der Waals surface area contributed by atoms with Crippen LogP contribution in [-0.2, 0) is 0 Å². The van der Waals surface area contributed by atoms with Crippen molar-refractivity contribution in [1.82, 2.24) is 0 Å². The monoisotopic (exact) mass is 391 g/mol. The molecule has 3 rings (SSSR count). The first-order chi connectivity index (χ1) is 12.5. The predicted octanol–water partition coefficient (Wildman–Crippen LogP) is 5.14. The van der Waals surface area contributed by atoms with Gasteiger partial charge in [-0.05, 0) is 36.8 Å². The van der Waals surface area contributed by atoms with Crippen molar-refractivity contribution in [2.45, 2.75) is 13.3 Å². The number of para-hydroxylation sites is 1. The molecule has 1 aromatic heterocycles. The van der Waals surface area contributed by atoms with Crippen LogP contribution in [0.3, 0.4) is 0 Å². The summed E-state index contributed by atoms with van der Waals surface area (Å²) in [5, 5.41) is 3.70. The third-order valence-electron chi connectivity index (χ3n) is 3.63. The number of hydrogen-bond acceptors (Lipinski definition) is 4. The van der Waals surface area contributed by atoms with E-state index >= 15 is 0 Å². The first-order valence-corrected chi connectivity index (χ1v) is 8.71. The van der Waals surface area contributed by atoms with Crippen LogP contribution in [0.15, 0.2) is 51.7 Å². The fraction of sp³-hybridized carbons (Fsp3) is 0.158. The van der Waals surface area contributed by atoms with Crippen molar-refractivity contribution in [3.05, 3.63) is 68.5 Å². The van der Waals surface area contributed by atoms with Crippen molar-refractivity contribution < 1.29 is 13.9 Å². The summed E-state index contributed by atoms with van der Waals surface area (Å²) >= 11 is 12.1. The van der Waals surface area contributed by atoms with Gasteiger partial charge in [-0.25, -0.2) is 4.79 Å². The van der Waals surface area contributed by atoms with Crippen molar-refractivity contribution in [2.24, 2.45) is 0 Å². The Kier molecular flexibility index (Phi) is 5.49. The third-order valence-corrected chi connectivity index (χ3v) is 4.26. The molecule has 0 aliphatic heterocycles. The highest BCUT2D eigenvalue weighted by Crippen LogP contribution is 2.30. The highest BCUT2D eigenvalue weighted by Gasteiger charge is 2.17. The van der Waals surface area contributed by atoms with Gasteiger partial charge in [0.1, 0.15) is 16.9 Å². The van der Waals surface area contributed by atoms with Crippen LogP contribution in [-0.4, -0.2) is 12.5 Å². The fourth-order valence-electron chi connectivity index (χ4n) is 2.36. The number of halogens is 2. The average Bonchev–Trinajstić information content (AvgIpc) is 2.62. The van der Waals surface area contributed by atoms with Gasteiger partial charge in [-0.3, -0.25) is 4.79 Å². The van der Waals surface area contributed by atoms with Gasteiger partial charge in [0.15, 0.2) is 0 Å². The van der Waals surface area contributed by atoms with E-state index in [0.29, 0.717) is 23.3 Å². The Hall–Kier alpha value is -2.50. The lowest BCUT2D eigenvalue weighted by molar-refractivity contribution is 0.102. The fourth-order valence-corrected chi connectivity index (χ4v) is 2.85. The molecule has 134 valence electrons. The summed E-state index contributed by atoms with van der Waals surface area (Å²) in [5.41, 5.74) is -0.318. The molecule has 0 radical (unpaired) electrons. The lowest BCUT2D eigenvalue weighted by Crippen LogP contribution is -2.21. The Balaban J connectivity index is 1.93. The molecule has 26 heavy (non-hydrogen) atoms. The van der Waals surface area contributed by atoms with Crippen LogP contribution in [0.1, 0.15) is 23.7 Å². The molecule has 0 atom stereocenters. The summed E-state index contributed by atoms with van der Waals surface area (Å²) in [6, 6.07) is 11.4. The number of benzene rings is 2. The van der Waals surface area contributed by atoms with Gasteiger partial charge in [0.25, 0.3) is 5.91 Å². The van der Waals surface area contributed by atoms with E-state index in [0.717, 1.165) is 6.42 Å². The maximum atomic E-state index is 12.5. The van der Waals surface area contributed by atoms with Gasteiger partial charge >= 0.3 is 5.63 Å². The van der Waals surface area contributed by atoms with Gasteiger partial charge in [-0.2, -0.15) is 0 Å². The molecule has 0 saturated carbocycles. The number of anilines is 1. The minimum absolute atomic E-state index is 0.143. The van der Waals surface area contributed by atoms with Crippen molar-refractivity contribution in [3.8, 4) is 5.75 Å². The van der Waals surface area contributed by atoms with Crippen molar-refractivity contribution >= 4 is 45.8 Å². The first kappa shape index (κ1) is 18.3. The molecular weight excluding hydrogens is 377 g/mol. The van der Waals surface area contributed by atoms with Crippen LogP contribution in [0.4, 0.5) is 5.69 Å². The van der Waals surface area contributed by atoms with Crippen molar-refractivity contribution in [3.63, 3.8) is 0 Å². The molecule has 0 aliphatic rings. The number of ether oxygens (including phenoxy) is 1. The number of carbonyl (C=O) groups excluding carboxylic acids is 1. The van der Waals surface area contributed by atoms with E-state index in [1.165, 1.54) is 6.07 Å². The molecule has 0 unspecified atom stereocenters. The van der Waals surface area contributed by atoms with Gasteiger partial charge in [-0.15, -0.1) is 0 Å². The highest BCUT2D eigenvalue weighted by molar-refractivity contribution is 6.40. The van der Waals surface area contributed by atoms with E-state index in [1.54, 1.807) is 36.4 Å². The SMILES string of the molecule is CCCOc1ccc2cc(C(=O)Nc3c(Cl)cccc3Cl)c(=O)oc2c1. The zero-order valence-electron chi connectivity index (χ0n) is 13.8. The zero-order chi connectivity index (χ0) is 18.7. The number of nitrogens with one attached hydrogen (secondary N) is 1. The number of hydrogen-bond donors (Lipinski definition) is 1. The van der Waals surface area contributed by atoms with Crippen molar-refractivity contribution in [1.29, 1.82) is 0 Å². The zero-order valence-corrected chi connectivity index (χ0v) is 15.4. The maximum absolute atomic E-state index is 12.5. The molecule has 0 saturated heterocycles. The van der Waals surface area contributed by atoms with Crippen LogP contribution in [0, 0.1) is 0 Å². The van der Waals surface area contributed by atoms with E-state index < -0.39 is 11.5 Å². The Bertz CT molecular complexity index is 1010. The smallest absolute Gasteiger partial charge is 0.349 e. The summed E-state index contributed by atoms with van der Waals surface area (Å²) in [4.78, 5) is 24.7. The molecule has 3 aromatic rings. The average molecular weight is 392 g/mol. The van der Waals surface area contributed by atoms with Gasteiger partial charge in [0, 0.05) is 11.5 Å². The largest absolute Gasteiger partial charge is 0.493 e. The number of rotatable bonds is 5. The molecule has 5 nitrogen and oxygen atoms in total. The van der Waals surface area contributed by atoms with E-state index in [1.807, 2.05) is 6.92 Å². The standard InChI is InChI=1S/C19H15Cl2NO4/c1-2-8-25-12-7-6-11-9-13(19(24)26-16(11)10-12)18(23)22-17-14(20)4-3-5-15(17)21/h3-7,9-10H,2,8H2,1H3,(H,22,23). The van der Waals surface area contributed by atoms with E-state index in [2.05, 4.69) is 5.32 Å². The van der Waals surface area contributed by atoms with Crippen LogP contribution in [0.5, 0.6) is 5.75 Å². The summed E-state index contributed by atoms with van der Waals surface area (Å²) in [7, 11) is 0. The first-order valence-electron chi connectivity index (χ1n) is 7.95. The quantitative estimate of drug-likeness (QED) is 0.611. The van der Waals surface area contributed by atoms with Gasteiger partial charge in [-0.1, -0.05) is 36.2 Å². The predicted molar refractivity (Wildman–Crippen MR) is 103 cm³/mol. The number of amides is 1. The van der Waals surface area contributed by atoms with Crippen molar-refractivity contribution in [2.75, 3.05) is 11.9 Å². The molecule has 1 N–H and O–H groups in total. The molecular formula is C19H15Cl2NO4. The Morgan fingerprint density at radius 2 is 1.88 bits per heavy atom. The summed E-state index contributed by atoms with van der Waals surface area (Å²) < 4.78 is 10.8. The molecule has 0 spiro atoms. The van der Waals surface area contributed by atoms with Crippen LogP contribution < -0.4 is 15.7 Å². The van der Waals surface area contributed by atoms with E-state index in [9.17, 15) is 9.59 Å². The van der Waals surface area contributed by atoms with Crippen LogP contribution in [0.25, 0.3) is 11.0 Å². The second kappa shape index (κ2) is 7.81. The maximum Gasteiger partial charge on any atom is 0.349 e. The Morgan fingerprint density at radius 1 is 1.15 bits per heavy atom. The number of fused-ring (bicyclic) bond motifs is 1. The highest BCUT2D eigenvalue weighted by atomic mass is 35.5. The minimum Gasteiger partial charge on any atom is -0.493 e. The van der Waals surface area contributed by atoms with Gasteiger partial charge < -0.3 is 14.5 Å². The lowest BCUT2D eigenvalue weighted by Gasteiger charge is -2.09.